The number of ether oxygens (including phenoxy) is 1. The summed E-state index contributed by atoms with van der Waals surface area (Å²) in [6.45, 7) is 14.0. The summed E-state index contributed by atoms with van der Waals surface area (Å²) in [5, 5.41) is 3.47. The van der Waals surface area contributed by atoms with Gasteiger partial charge in [-0.2, -0.15) is 0 Å². The van der Waals surface area contributed by atoms with Gasteiger partial charge in [-0.05, 0) is 45.1 Å². The standard InChI is InChI=1S/C13H29NO/c1-6-13(7-2,11-14-8-3)9-10-15-12(4)5/h12,14H,6-11H2,1-5H3. The number of hydrogen-bond acceptors (Lipinski definition) is 2. The molecule has 2 nitrogen and oxygen atoms in total. The molecule has 0 aliphatic rings. The molecule has 0 aliphatic heterocycles. The van der Waals surface area contributed by atoms with E-state index in [1.54, 1.807) is 0 Å². The highest BCUT2D eigenvalue weighted by Gasteiger charge is 2.25. The van der Waals surface area contributed by atoms with Crippen molar-refractivity contribution in [1.82, 2.24) is 5.32 Å². The Morgan fingerprint density at radius 2 is 1.73 bits per heavy atom. The summed E-state index contributed by atoms with van der Waals surface area (Å²) in [7, 11) is 0. The molecular weight excluding hydrogens is 186 g/mol. The minimum absolute atomic E-state index is 0.357. The Bertz CT molecular complexity index is 141. The topological polar surface area (TPSA) is 21.3 Å². The first kappa shape index (κ1) is 14.9. The highest BCUT2D eigenvalue weighted by molar-refractivity contribution is 4.78. The Morgan fingerprint density at radius 1 is 1.13 bits per heavy atom. The minimum Gasteiger partial charge on any atom is -0.379 e. The zero-order valence-electron chi connectivity index (χ0n) is 11.2. The fourth-order valence-corrected chi connectivity index (χ4v) is 1.84. The summed E-state index contributed by atoms with van der Waals surface area (Å²) in [5.74, 6) is 0. The van der Waals surface area contributed by atoms with E-state index in [0.29, 0.717) is 11.5 Å². The Kier molecular flexibility index (Phi) is 8.07. The van der Waals surface area contributed by atoms with Crippen LogP contribution >= 0.6 is 0 Å². The lowest BCUT2D eigenvalue weighted by atomic mass is 9.79. The first-order chi connectivity index (χ1) is 7.10. The highest BCUT2D eigenvalue weighted by atomic mass is 16.5. The van der Waals surface area contributed by atoms with Crippen LogP contribution in [0.15, 0.2) is 0 Å². The van der Waals surface area contributed by atoms with E-state index in [1.165, 1.54) is 19.3 Å². The van der Waals surface area contributed by atoms with Gasteiger partial charge in [0.1, 0.15) is 0 Å². The molecule has 0 amide bonds. The van der Waals surface area contributed by atoms with Crippen LogP contribution in [0.1, 0.15) is 53.9 Å². The molecule has 0 saturated carbocycles. The second kappa shape index (κ2) is 8.12. The molecular formula is C13H29NO. The Morgan fingerprint density at radius 3 is 2.13 bits per heavy atom. The molecule has 0 bridgehead atoms. The third kappa shape index (κ3) is 6.16. The van der Waals surface area contributed by atoms with E-state index < -0.39 is 0 Å². The fourth-order valence-electron chi connectivity index (χ4n) is 1.84. The lowest BCUT2D eigenvalue weighted by Crippen LogP contribution is -2.34. The third-order valence-corrected chi connectivity index (χ3v) is 3.33. The van der Waals surface area contributed by atoms with Crippen molar-refractivity contribution in [1.29, 1.82) is 0 Å². The van der Waals surface area contributed by atoms with Crippen molar-refractivity contribution in [2.45, 2.75) is 60.0 Å². The zero-order chi connectivity index (χ0) is 11.7. The number of nitrogens with one attached hydrogen (secondary N) is 1. The van der Waals surface area contributed by atoms with Crippen molar-refractivity contribution in [2.24, 2.45) is 5.41 Å². The van der Waals surface area contributed by atoms with E-state index in [0.717, 1.165) is 19.7 Å². The van der Waals surface area contributed by atoms with Crippen LogP contribution in [0.3, 0.4) is 0 Å². The molecule has 92 valence electrons. The van der Waals surface area contributed by atoms with Gasteiger partial charge in [0.15, 0.2) is 0 Å². The summed E-state index contributed by atoms with van der Waals surface area (Å²) < 4.78 is 5.65. The molecule has 0 aromatic heterocycles. The average molecular weight is 215 g/mol. The van der Waals surface area contributed by atoms with Crippen molar-refractivity contribution in [3.05, 3.63) is 0 Å². The van der Waals surface area contributed by atoms with Crippen LogP contribution in [0.5, 0.6) is 0 Å². The SMILES string of the molecule is CCNCC(CC)(CC)CCOC(C)C. The molecule has 0 heterocycles. The van der Waals surface area contributed by atoms with Gasteiger partial charge in [-0.25, -0.2) is 0 Å². The van der Waals surface area contributed by atoms with Gasteiger partial charge in [0.25, 0.3) is 0 Å². The second-order valence-corrected chi connectivity index (χ2v) is 4.66. The number of hydrogen-bond donors (Lipinski definition) is 1. The van der Waals surface area contributed by atoms with Gasteiger partial charge < -0.3 is 10.1 Å². The van der Waals surface area contributed by atoms with Crippen molar-refractivity contribution in [2.75, 3.05) is 19.7 Å². The molecule has 0 radical (unpaired) electrons. The second-order valence-electron chi connectivity index (χ2n) is 4.66. The first-order valence-electron chi connectivity index (χ1n) is 6.42. The first-order valence-corrected chi connectivity index (χ1v) is 6.42. The molecule has 0 fully saturated rings. The molecule has 2 heteroatoms. The van der Waals surface area contributed by atoms with E-state index in [1.807, 2.05) is 0 Å². The van der Waals surface area contributed by atoms with Crippen molar-refractivity contribution < 1.29 is 4.74 Å². The van der Waals surface area contributed by atoms with Crippen LogP contribution in [0.25, 0.3) is 0 Å². The smallest absolute Gasteiger partial charge is 0.0518 e. The van der Waals surface area contributed by atoms with E-state index in [9.17, 15) is 0 Å². The monoisotopic (exact) mass is 215 g/mol. The van der Waals surface area contributed by atoms with Gasteiger partial charge in [0, 0.05) is 13.2 Å². The molecule has 15 heavy (non-hydrogen) atoms. The van der Waals surface area contributed by atoms with Gasteiger partial charge in [0.05, 0.1) is 6.10 Å². The summed E-state index contributed by atoms with van der Waals surface area (Å²) in [6, 6.07) is 0. The van der Waals surface area contributed by atoms with Crippen LogP contribution in [0.2, 0.25) is 0 Å². The van der Waals surface area contributed by atoms with Crippen molar-refractivity contribution >= 4 is 0 Å². The Hall–Kier alpha value is -0.0800. The van der Waals surface area contributed by atoms with Crippen LogP contribution in [0.4, 0.5) is 0 Å². The van der Waals surface area contributed by atoms with E-state index in [2.05, 4.69) is 39.9 Å². The van der Waals surface area contributed by atoms with Crippen molar-refractivity contribution in [3.63, 3.8) is 0 Å². The third-order valence-electron chi connectivity index (χ3n) is 3.33. The van der Waals surface area contributed by atoms with E-state index in [-0.39, 0.29) is 0 Å². The maximum atomic E-state index is 5.65. The lowest BCUT2D eigenvalue weighted by molar-refractivity contribution is 0.0479. The van der Waals surface area contributed by atoms with E-state index >= 15 is 0 Å². The van der Waals surface area contributed by atoms with E-state index in [4.69, 9.17) is 4.74 Å². The van der Waals surface area contributed by atoms with Gasteiger partial charge in [0.2, 0.25) is 0 Å². The summed E-state index contributed by atoms with van der Waals surface area (Å²) in [5.41, 5.74) is 0.435. The van der Waals surface area contributed by atoms with Gasteiger partial charge >= 0.3 is 0 Å². The Labute approximate surface area is 95.8 Å². The van der Waals surface area contributed by atoms with Crippen LogP contribution in [-0.2, 0) is 4.74 Å². The molecule has 1 N–H and O–H groups in total. The predicted octanol–water partition coefficient (Wildman–Crippen LogP) is 3.22. The van der Waals surface area contributed by atoms with Gasteiger partial charge in [-0.15, -0.1) is 0 Å². The lowest BCUT2D eigenvalue weighted by Gasteiger charge is -2.32. The maximum absolute atomic E-state index is 5.65. The molecule has 0 saturated heterocycles. The largest absolute Gasteiger partial charge is 0.379 e. The van der Waals surface area contributed by atoms with Crippen LogP contribution in [-0.4, -0.2) is 25.8 Å². The summed E-state index contributed by atoms with van der Waals surface area (Å²) >= 11 is 0. The predicted molar refractivity (Wildman–Crippen MR) is 67.3 cm³/mol. The highest BCUT2D eigenvalue weighted by Crippen LogP contribution is 2.29. The minimum atomic E-state index is 0.357. The summed E-state index contributed by atoms with van der Waals surface area (Å²) in [4.78, 5) is 0. The van der Waals surface area contributed by atoms with Crippen LogP contribution < -0.4 is 5.32 Å². The molecule has 0 spiro atoms. The Balaban J connectivity index is 3.99. The zero-order valence-corrected chi connectivity index (χ0v) is 11.2. The normalized spacial score (nSPS) is 12.4. The molecule has 0 unspecified atom stereocenters. The average Bonchev–Trinajstić information content (AvgIpc) is 2.23. The number of rotatable bonds is 9. The van der Waals surface area contributed by atoms with Crippen LogP contribution in [0, 0.1) is 5.41 Å². The van der Waals surface area contributed by atoms with Crippen molar-refractivity contribution in [3.8, 4) is 0 Å². The maximum Gasteiger partial charge on any atom is 0.0518 e. The molecule has 0 rings (SSSR count). The fraction of sp³-hybridized carbons (Fsp3) is 1.00. The summed E-state index contributed by atoms with van der Waals surface area (Å²) in [6.07, 6.45) is 4.00. The van der Waals surface area contributed by atoms with Gasteiger partial charge in [-0.1, -0.05) is 20.8 Å². The molecule has 0 aliphatic carbocycles. The quantitative estimate of drug-likeness (QED) is 0.637. The van der Waals surface area contributed by atoms with Gasteiger partial charge in [-0.3, -0.25) is 0 Å². The molecule has 0 aromatic rings. The molecule has 0 aromatic carbocycles. The molecule has 0 atom stereocenters.